The predicted octanol–water partition coefficient (Wildman–Crippen LogP) is 0.798. The van der Waals surface area contributed by atoms with E-state index in [0.717, 1.165) is 29.0 Å². The second-order valence-electron chi connectivity index (χ2n) is 8.87. The monoisotopic (exact) mass is 427 g/mol. The summed E-state index contributed by atoms with van der Waals surface area (Å²) in [5, 5.41) is 5.65. The first-order valence-electron chi connectivity index (χ1n) is 10.8. The maximum atomic E-state index is 12.7. The number of urea groups is 1. The molecule has 31 heavy (non-hydrogen) atoms. The Morgan fingerprint density at radius 1 is 1.06 bits per heavy atom. The summed E-state index contributed by atoms with van der Waals surface area (Å²) in [6.45, 7) is 5.80. The molecule has 1 aromatic carbocycles. The summed E-state index contributed by atoms with van der Waals surface area (Å²) in [5.74, 6) is -0.479. The molecular formula is C22H29N5O4. The number of piperazine rings is 1. The van der Waals surface area contributed by atoms with Gasteiger partial charge >= 0.3 is 6.03 Å². The fourth-order valence-electron chi connectivity index (χ4n) is 4.23. The molecule has 2 heterocycles. The number of rotatable bonds is 6. The van der Waals surface area contributed by atoms with Crippen LogP contribution in [0.15, 0.2) is 24.3 Å². The minimum absolute atomic E-state index is 0.0951. The molecule has 1 aliphatic carbocycles. The molecule has 9 nitrogen and oxygen atoms in total. The summed E-state index contributed by atoms with van der Waals surface area (Å²) >= 11 is 0. The Morgan fingerprint density at radius 3 is 2.32 bits per heavy atom. The van der Waals surface area contributed by atoms with Gasteiger partial charge in [-0.15, -0.1) is 0 Å². The van der Waals surface area contributed by atoms with E-state index in [1.54, 1.807) is 11.8 Å². The van der Waals surface area contributed by atoms with Crippen LogP contribution in [0.3, 0.4) is 0 Å². The number of nitrogens with one attached hydrogen (secondary N) is 2. The van der Waals surface area contributed by atoms with Crippen molar-refractivity contribution >= 4 is 29.4 Å². The van der Waals surface area contributed by atoms with Gasteiger partial charge in [0, 0.05) is 31.9 Å². The normalized spacial score (nSPS) is 24.3. The molecule has 0 spiro atoms. The van der Waals surface area contributed by atoms with E-state index in [9.17, 15) is 19.2 Å². The zero-order chi connectivity index (χ0) is 22.2. The zero-order valence-corrected chi connectivity index (χ0v) is 18.0. The SMILES string of the molecule is Cc1ccc(NC(=O)CN2CCN(C(=O)CN3C(=O)NC(C)(C4CC4)C3=O)CC2)cc1. The third-order valence-electron chi connectivity index (χ3n) is 6.42. The van der Waals surface area contributed by atoms with E-state index in [2.05, 4.69) is 10.6 Å². The number of hydrogen-bond acceptors (Lipinski definition) is 5. The van der Waals surface area contributed by atoms with Crippen molar-refractivity contribution in [1.82, 2.24) is 20.0 Å². The van der Waals surface area contributed by atoms with Crippen molar-refractivity contribution in [3.05, 3.63) is 29.8 Å². The first-order valence-corrected chi connectivity index (χ1v) is 10.8. The molecule has 3 fully saturated rings. The molecule has 1 aromatic rings. The van der Waals surface area contributed by atoms with Gasteiger partial charge in [-0.05, 0) is 44.7 Å². The number of imide groups is 1. The van der Waals surface area contributed by atoms with Crippen molar-refractivity contribution in [1.29, 1.82) is 0 Å². The Balaban J connectivity index is 1.23. The summed E-state index contributed by atoms with van der Waals surface area (Å²) in [4.78, 5) is 54.6. The highest BCUT2D eigenvalue weighted by atomic mass is 16.2. The summed E-state index contributed by atoms with van der Waals surface area (Å²) in [6, 6.07) is 7.14. The number of carbonyl (C=O) groups is 4. The molecule has 166 valence electrons. The Morgan fingerprint density at radius 2 is 1.71 bits per heavy atom. The van der Waals surface area contributed by atoms with Crippen LogP contribution in [0, 0.1) is 12.8 Å². The molecule has 3 aliphatic rings. The van der Waals surface area contributed by atoms with E-state index in [1.807, 2.05) is 36.1 Å². The van der Waals surface area contributed by atoms with Crippen molar-refractivity contribution in [2.24, 2.45) is 5.92 Å². The number of aryl methyl sites for hydroxylation is 1. The smallest absolute Gasteiger partial charge is 0.325 e. The maximum Gasteiger partial charge on any atom is 0.325 e. The lowest BCUT2D eigenvalue weighted by Crippen LogP contribution is -2.53. The molecule has 2 saturated heterocycles. The Kier molecular flexibility index (Phi) is 5.70. The van der Waals surface area contributed by atoms with Gasteiger partial charge < -0.3 is 15.5 Å². The number of benzene rings is 1. The van der Waals surface area contributed by atoms with Crippen LogP contribution in [-0.4, -0.2) is 83.3 Å². The van der Waals surface area contributed by atoms with E-state index in [-0.39, 0.29) is 36.7 Å². The van der Waals surface area contributed by atoms with Crippen molar-refractivity contribution in [2.45, 2.75) is 32.2 Å². The highest BCUT2D eigenvalue weighted by molar-refractivity contribution is 6.09. The van der Waals surface area contributed by atoms with Gasteiger partial charge in [0.25, 0.3) is 5.91 Å². The van der Waals surface area contributed by atoms with Gasteiger partial charge in [0.15, 0.2) is 0 Å². The number of nitrogens with zero attached hydrogens (tertiary/aromatic N) is 3. The van der Waals surface area contributed by atoms with E-state index in [1.165, 1.54) is 0 Å². The van der Waals surface area contributed by atoms with Crippen LogP contribution < -0.4 is 10.6 Å². The summed E-state index contributed by atoms with van der Waals surface area (Å²) in [6.07, 6.45) is 1.84. The molecule has 0 bridgehead atoms. The molecule has 2 N–H and O–H groups in total. The van der Waals surface area contributed by atoms with E-state index in [0.29, 0.717) is 26.2 Å². The van der Waals surface area contributed by atoms with E-state index >= 15 is 0 Å². The minimum Gasteiger partial charge on any atom is -0.339 e. The van der Waals surface area contributed by atoms with Crippen LogP contribution in [0.25, 0.3) is 0 Å². The lowest BCUT2D eigenvalue weighted by molar-refractivity contribution is -0.140. The van der Waals surface area contributed by atoms with Gasteiger partial charge in [0.05, 0.1) is 6.54 Å². The molecule has 5 amide bonds. The quantitative estimate of drug-likeness (QED) is 0.654. The van der Waals surface area contributed by atoms with Crippen molar-refractivity contribution in [3.8, 4) is 0 Å². The van der Waals surface area contributed by atoms with Crippen molar-refractivity contribution in [2.75, 3.05) is 44.6 Å². The second kappa shape index (κ2) is 8.30. The molecule has 1 unspecified atom stereocenters. The van der Waals surface area contributed by atoms with Gasteiger partial charge in [-0.3, -0.25) is 24.2 Å². The fourth-order valence-corrected chi connectivity index (χ4v) is 4.23. The third kappa shape index (κ3) is 4.56. The van der Waals surface area contributed by atoms with Crippen LogP contribution in [0.5, 0.6) is 0 Å². The number of anilines is 1. The lowest BCUT2D eigenvalue weighted by atomic mass is 9.96. The van der Waals surface area contributed by atoms with Crippen LogP contribution in [0.2, 0.25) is 0 Å². The highest BCUT2D eigenvalue weighted by Gasteiger charge is 2.56. The molecular weight excluding hydrogens is 398 g/mol. The first kappa shape index (κ1) is 21.3. The van der Waals surface area contributed by atoms with Crippen LogP contribution in [0.1, 0.15) is 25.3 Å². The van der Waals surface area contributed by atoms with E-state index in [4.69, 9.17) is 0 Å². The lowest BCUT2D eigenvalue weighted by Gasteiger charge is -2.34. The average molecular weight is 428 g/mol. The maximum absolute atomic E-state index is 12.7. The molecule has 4 rings (SSSR count). The van der Waals surface area contributed by atoms with Crippen LogP contribution in [0.4, 0.5) is 10.5 Å². The fraction of sp³-hybridized carbons (Fsp3) is 0.545. The number of hydrogen-bond donors (Lipinski definition) is 2. The number of amides is 5. The molecule has 0 radical (unpaired) electrons. The molecule has 0 aromatic heterocycles. The predicted molar refractivity (Wildman–Crippen MR) is 114 cm³/mol. The van der Waals surface area contributed by atoms with Gasteiger partial charge in [0.1, 0.15) is 12.1 Å². The Labute approximate surface area is 181 Å². The summed E-state index contributed by atoms with van der Waals surface area (Å²) < 4.78 is 0. The van der Waals surface area contributed by atoms with Gasteiger partial charge in [-0.25, -0.2) is 4.79 Å². The molecule has 2 aliphatic heterocycles. The van der Waals surface area contributed by atoms with Crippen LogP contribution in [-0.2, 0) is 14.4 Å². The highest BCUT2D eigenvalue weighted by Crippen LogP contribution is 2.42. The van der Waals surface area contributed by atoms with Gasteiger partial charge in [-0.2, -0.15) is 0 Å². The first-order chi connectivity index (χ1) is 14.8. The minimum atomic E-state index is -0.874. The molecule has 1 atom stereocenters. The molecule has 9 heteroatoms. The second-order valence-corrected chi connectivity index (χ2v) is 8.87. The Hall–Kier alpha value is -2.94. The largest absolute Gasteiger partial charge is 0.339 e. The standard InChI is InChI=1S/C22H29N5O4/c1-15-3-7-17(8-4-15)23-18(28)13-25-9-11-26(12-10-25)19(29)14-27-20(30)22(2,16-5-6-16)24-21(27)31/h3-4,7-8,16H,5-6,9-14H2,1-2H3,(H,23,28)(H,24,31). The van der Waals surface area contributed by atoms with E-state index < -0.39 is 11.6 Å². The average Bonchev–Trinajstić information content (AvgIpc) is 3.56. The topological polar surface area (TPSA) is 102 Å². The third-order valence-corrected chi connectivity index (χ3v) is 6.42. The van der Waals surface area contributed by atoms with Crippen LogP contribution >= 0.6 is 0 Å². The van der Waals surface area contributed by atoms with Gasteiger partial charge in [-0.1, -0.05) is 17.7 Å². The van der Waals surface area contributed by atoms with Gasteiger partial charge in [0.2, 0.25) is 11.8 Å². The van der Waals surface area contributed by atoms with Crippen molar-refractivity contribution < 1.29 is 19.2 Å². The summed E-state index contributed by atoms with van der Waals surface area (Å²) in [5.41, 5.74) is 1.01. The number of carbonyl (C=O) groups excluding carboxylic acids is 4. The van der Waals surface area contributed by atoms with Crippen molar-refractivity contribution in [3.63, 3.8) is 0 Å². The Bertz CT molecular complexity index is 890. The zero-order valence-electron chi connectivity index (χ0n) is 18.0. The molecule has 1 saturated carbocycles. The summed E-state index contributed by atoms with van der Waals surface area (Å²) in [7, 11) is 0.